The molecule has 0 spiro atoms. The molecule has 4 aliphatic heterocycles. The summed E-state index contributed by atoms with van der Waals surface area (Å²) >= 11 is 0. The van der Waals surface area contributed by atoms with Gasteiger partial charge < -0.3 is 19.2 Å². The van der Waals surface area contributed by atoms with Crippen LogP contribution < -0.4 is 9.64 Å². The van der Waals surface area contributed by atoms with Gasteiger partial charge in [-0.3, -0.25) is 4.90 Å². The number of aliphatic hydroxyl groups is 1. The van der Waals surface area contributed by atoms with Gasteiger partial charge >= 0.3 is 0 Å². The summed E-state index contributed by atoms with van der Waals surface area (Å²) in [4.78, 5) is 4.95. The lowest BCUT2D eigenvalue weighted by molar-refractivity contribution is -0.941. The van der Waals surface area contributed by atoms with Gasteiger partial charge in [0.05, 0.1) is 49.5 Å². The van der Waals surface area contributed by atoms with Crippen LogP contribution >= 0.6 is 0 Å². The zero-order chi connectivity index (χ0) is 31.4. The molecule has 0 radical (unpaired) electrons. The summed E-state index contributed by atoms with van der Waals surface area (Å²) in [7, 11) is 0.324. The molecule has 3 fully saturated rings. The maximum Gasteiger partial charge on any atom is 0.179 e. The summed E-state index contributed by atoms with van der Waals surface area (Å²) in [5.41, 5.74) is 1.88. The molecule has 4 heterocycles. The van der Waals surface area contributed by atoms with Crippen molar-refractivity contribution in [1.29, 1.82) is 0 Å². The zero-order valence-corrected chi connectivity index (χ0v) is 28.5. The minimum Gasteiger partial charge on any atom is -0.494 e. The van der Waals surface area contributed by atoms with Crippen LogP contribution in [0.2, 0.25) is 0 Å². The lowest BCUT2D eigenvalue weighted by Gasteiger charge is -2.50. The number of nitrogens with zero attached hydrogens (tertiary/aromatic N) is 3. The summed E-state index contributed by atoms with van der Waals surface area (Å²) in [5.74, 6) is 0.378. The number of aliphatic hydroxyl groups excluding tert-OH is 1. The lowest BCUT2D eigenvalue weighted by atomic mass is 9.68. The van der Waals surface area contributed by atoms with E-state index in [0.29, 0.717) is 29.9 Å². The van der Waals surface area contributed by atoms with E-state index in [2.05, 4.69) is 18.7 Å². The molecule has 0 amide bonds. The lowest BCUT2D eigenvalue weighted by Crippen LogP contribution is -2.67. The number of rotatable bonds is 14. The van der Waals surface area contributed by atoms with Gasteiger partial charge in [0.1, 0.15) is 5.75 Å². The maximum absolute atomic E-state index is 14.1. The van der Waals surface area contributed by atoms with E-state index in [1.807, 2.05) is 55.4 Å². The highest BCUT2D eigenvalue weighted by Crippen LogP contribution is 2.50. The minimum absolute atomic E-state index is 0. The fraction of sp³-hybridized carbons (Fsp3) is 0.676. The first-order chi connectivity index (χ1) is 21.1. The standard InChI is InChI=1S/C36H56N3O4S.CH4/c1-5-7-17-36(18-8-6-2)28-44(41,42)33-16-13-30(37(3)4)27-32(33)34(35(36)40)29-11-14-31(15-12-29)43-26-10-9-22-39-23-19-38(20-24-39)21-25-39;/h11-16,27,34-35,40H,5-10,17-26,28H2,1-4H3;1H4/q+1;/t34-,35-;/m1./s1. The monoisotopic (exact) mass is 642 g/mol. The van der Waals surface area contributed by atoms with Gasteiger partial charge in [0.2, 0.25) is 0 Å². The number of piperazine rings is 3. The van der Waals surface area contributed by atoms with Crippen LogP contribution in [0.3, 0.4) is 0 Å². The molecular weight excluding hydrogens is 582 g/mol. The van der Waals surface area contributed by atoms with Gasteiger partial charge in [-0.1, -0.05) is 59.1 Å². The van der Waals surface area contributed by atoms with E-state index in [1.54, 1.807) is 6.07 Å². The largest absolute Gasteiger partial charge is 0.494 e. The second kappa shape index (κ2) is 15.2. The zero-order valence-electron chi connectivity index (χ0n) is 27.6. The number of hydrogen-bond acceptors (Lipinski definition) is 6. The average molecular weight is 643 g/mol. The topological polar surface area (TPSA) is 70.1 Å². The van der Waals surface area contributed by atoms with Gasteiger partial charge in [-0.2, -0.15) is 0 Å². The molecular formula is C37H60N3O4S+. The van der Waals surface area contributed by atoms with E-state index in [0.717, 1.165) is 49.1 Å². The Morgan fingerprint density at radius 2 is 1.56 bits per heavy atom. The molecule has 8 heteroatoms. The predicted octanol–water partition coefficient (Wildman–Crippen LogP) is 6.34. The second-order valence-electron chi connectivity index (χ2n) is 14.1. The number of hydrogen-bond donors (Lipinski definition) is 1. The average Bonchev–Trinajstić information content (AvgIpc) is 3.10. The van der Waals surface area contributed by atoms with Crippen molar-refractivity contribution in [2.75, 3.05) is 77.2 Å². The third-order valence-corrected chi connectivity index (χ3v) is 12.9. The van der Waals surface area contributed by atoms with Gasteiger partial charge in [0.15, 0.2) is 9.84 Å². The fourth-order valence-corrected chi connectivity index (χ4v) is 10.2. The fourth-order valence-electron chi connectivity index (χ4n) is 7.97. The number of sulfone groups is 1. The molecule has 1 N–H and O–H groups in total. The van der Waals surface area contributed by atoms with Crippen molar-refractivity contribution in [2.45, 2.75) is 89.6 Å². The third-order valence-electron chi connectivity index (χ3n) is 10.9. The SMILES string of the molecule is C.CCCCC1(CCCC)CS(=O)(=O)c2ccc(N(C)C)cc2[C@@H](c2ccc(OCCCC[N+]34CCN(CC3)CC4)cc2)[C@H]1O. The van der Waals surface area contributed by atoms with Gasteiger partial charge in [-0.15, -0.1) is 0 Å². The normalized spacial score (nSPS) is 26.4. The first-order valence-corrected chi connectivity index (χ1v) is 18.8. The van der Waals surface area contributed by atoms with Gasteiger partial charge in [-0.25, -0.2) is 8.42 Å². The van der Waals surface area contributed by atoms with Gasteiger partial charge in [0.25, 0.3) is 0 Å². The number of benzene rings is 2. The smallest absolute Gasteiger partial charge is 0.179 e. The van der Waals surface area contributed by atoms with E-state index in [4.69, 9.17) is 4.74 Å². The molecule has 0 aliphatic carbocycles. The van der Waals surface area contributed by atoms with Gasteiger partial charge in [0, 0.05) is 50.7 Å². The highest BCUT2D eigenvalue weighted by Gasteiger charge is 2.49. The predicted molar refractivity (Wildman–Crippen MR) is 186 cm³/mol. The van der Waals surface area contributed by atoms with Crippen LogP contribution in [0, 0.1) is 5.41 Å². The summed E-state index contributed by atoms with van der Waals surface area (Å²) in [5, 5.41) is 12.4. The highest BCUT2D eigenvalue weighted by atomic mass is 32.2. The first-order valence-electron chi connectivity index (χ1n) is 17.1. The molecule has 0 aromatic heterocycles. The Kier molecular flexibility index (Phi) is 12.1. The first kappa shape index (κ1) is 35.7. The van der Waals surface area contributed by atoms with Crippen LogP contribution in [0.5, 0.6) is 5.75 Å². The Hall–Kier alpha value is -2.13. The van der Waals surface area contributed by atoms with Crippen molar-refractivity contribution in [3.05, 3.63) is 53.6 Å². The Balaban J connectivity index is 0.00000461. The quantitative estimate of drug-likeness (QED) is 0.192. The van der Waals surface area contributed by atoms with E-state index < -0.39 is 27.3 Å². The molecule has 2 aromatic rings. The molecule has 4 aliphatic rings. The highest BCUT2D eigenvalue weighted by molar-refractivity contribution is 7.91. The van der Waals surface area contributed by atoms with E-state index in [1.165, 1.54) is 56.7 Å². The summed E-state index contributed by atoms with van der Waals surface area (Å²) in [6.07, 6.45) is 6.54. The molecule has 2 atom stereocenters. The van der Waals surface area contributed by atoms with Crippen LogP contribution in [0.25, 0.3) is 0 Å². The van der Waals surface area contributed by atoms with Crippen LogP contribution in [-0.2, 0) is 9.84 Å². The molecule has 6 rings (SSSR count). The Morgan fingerprint density at radius 1 is 0.933 bits per heavy atom. The second-order valence-corrected chi connectivity index (χ2v) is 16.0. The molecule has 45 heavy (non-hydrogen) atoms. The molecule has 0 saturated carbocycles. The third kappa shape index (κ3) is 7.89. The van der Waals surface area contributed by atoms with Gasteiger partial charge in [-0.05, 0) is 67.1 Å². The number of quaternary nitrogens is 1. The molecule has 0 unspecified atom stereocenters. The van der Waals surface area contributed by atoms with Crippen molar-refractivity contribution in [3.8, 4) is 5.75 Å². The summed E-state index contributed by atoms with van der Waals surface area (Å²) in [6.45, 7) is 13.9. The summed E-state index contributed by atoms with van der Waals surface area (Å²) in [6, 6.07) is 13.7. The van der Waals surface area contributed by atoms with Crippen molar-refractivity contribution in [1.82, 2.24) is 4.90 Å². The molecule has 3 saturated heterocycles. The number of fused-ring (bicyclic) bond motifs is 4. The van der Waals surface area contributed by atoms with Crippen LogP contribution in [0.1, 0.15) is 89.7 Å². The Bertz CT molecular complexity index is 1310. The van der Waals surface area contributed by atoms with Crippen LogP contribution in [0.4, 0.5) is 5.69 Å². The van der Waals surface area contributed by atoms with E-state index in [9.17, 15) is 13.5 Å². The molecule has 7 nitrogen and oxygen atoms in total. The number of anilines is 1. The number of ether oxygens (including phenoxy) is 1. The summed E-state index contributed by atoms with van der Waals surface area (Å²) < 4.78 is 35.6. The maximum atomic E-state index is 14.1. The van der Waals surface area contributed by atoms with Crippen LogP contribution in [-0.4, -0.2) is 101 Å². The van der Waals surface area contributed by atoms with E-state index >= 15 is 0 Å². The Morgan fingerprint density at radius 3 is 2.13 bits per heavy atom. The number of unbranched alkanes of at least 4 members (excludes halogenated alkanes) is 3. The Labute approximate surface area is 274 Å². The minimum atomic E-state index is -3.61. The van der Waals surface area contributed by atoms with Crippen molar-refractivity contribution in [2.24, 2.45) is 5.41 Å². The molecule has 2 bridgehead atoms. The van der Waals surface area contributed by atoms with Crippen molar-refractivity contribution < 1.29 is 22.7 Å². The molecule has 252 valence electrons. The van der Waals surface area contributed by atoms with Crippen molar-refractivity contribution in [3.63, 3.8) is 0 Å². The van der Waals surface area contributed by atoms with Crippen molar-refractivity contribution >= 4 is 15.5 Å². The molecule has 2 aromatic carbocycles. The van der Waals surface area contributed by atoms with E-state index in [-0.39, 0.29) is 13.2 Å². The van der Waals surface area contributed by atoms with Crippen LogP contribution in [0.15, 0.2) is 47.4 Å².